The number of carbonyl (C=O) groups excluding carboxylic acids is 1. The van der Waals surface area contributed by atoms with Gasteiger partial charge in [0.15, 0.2) is 0 Å². The van der Waals surface area contributed by atoms with Crippen LogP contribution in [0.15, 0.2) is 29.2 Å². The first-order valence-electron chi connectivity index (χ1n) is 7.30. The van der Waals surface area contributed by atoms with E-state index in [-0.39, 0.29) is 16.8 Å². The van der Waals surface area contributed by atoms with Gasteiger partial charge in [0.2, 0.25) is 15.9 Å². The van der Waals surface area contributed by atoms with Crippen LogP contribution in [0.3, 0.4) is 0 Å². The summed E-state index contributed by atoms with van der Waals surface area (Å²) in [6, 6.07) is 5.25. The van der Waals surface area contributed by atoms with Crippen LogP contribution in [0.2, 0.25) is 0 Å². The first kappa shape index (κ1) is 18.6. The van der Waals surface area contributed by atoms with Crippen molar-refractivity contribution in [3.05, 3.63) is 24.3 Å². The van der Waals surface area contributed by atoms with Crippen molar-refractivity contribution < 1.29 is 13.2 Å². The molecule has 0 saturated heterocycles. The molecule has 0 heterocycles. The molecule has 124 valence electrons. The molecule has 0 radical (unpaired) electrons. The molecule has 0 spiro atoms. The average molecular weight is 327 g/mol. The normalized spacial score (nSPS) is 13.4. The van der Waals surface area contributed by atoms with Crippen LogP contribution < -0.4 is 15.8 Å². The number of rotatable bonds is 7. The predicted octanol–water partition coefficient (Wildman–Crippen LogP) is 1.69. The summed E-state index contributed by atoms with van der Waals surface area (Å²) in [6.45, 7) is 7.49. The van der Waals surface area contributed by atoms with Gasteiger partial charge in [-0.05, 0) is 50.5 Å². The maximum Gasteiger partial charge on any atom is 0.241 e. The predicted molar refractivity (Wildman–Crippen MR) is 88.0 cm³/mol. The summed E-state index contributed by atoms with van der Waals surface area (Å²) in [5.74, 6) is 0.0555. The average Bonchev–Trinajstić information content (AvgIpc) is 2.36. The van der Waals surface area contributed by atoms with Gasteiger partial charge in [0.25, 0.3) is 0 Å². The molecule has 1 atom stereocenters. The molecular weight excluding hydrogens is 302 g/mol. The Labute approximate surface area is 132 Å². The molecule has 1 aromatic rings. The minimum absolute atomic E-state index is 0.158. The molecule has 1 aromatic carbocycles. The molecule has 22 heavy (non-hydrogen) atoms. The van der Waals surface area contributed by atoms with E-state index in [2.05, 4.69) is 10.0 Å². The number of benzene rings is 1. The zero-order valence-corrected chi connectivity index (χ0v) is 14.3. The van der Waals surface area contributed by atoms with Crippen LogP contribution in [0.25, 0.3) is 0 Å². The van der Waals surface area contributed by atoms with Crippen LogP contribution in [0.1, 0.15) is 34.1 Å². The number of carbonyl (C=O) groups is 1. The van der Waals surface area contributed by atoms with Gasteiger partial charge >= 0.3 is 0 Å². The van der Waals surface area contributed by atoms with E-state index in [9.17, 15) is 13.2 Å². The summed E-state index contributed by atoms with van der Waals surface area (Å²) in [5.41, 5.74) is 6.32. The van der Waals surface area contributed by atoms with Crippen molar-refractivity contribution in [1.29, 1.82) is 0 Å². The fourth-order valence-electron chi connectivity index (χ4n) is 1.95. The Hall–Kier alpha value is -1.44. The highest BCUT2D eigenvalue weighted by Gasteiger charge is 2.17. The number of hydrogen-bond acceptors (Lipinski definition) is 4. The first-order valence-corrected chi connectivity index (χ1v) is 8.79. The lowest BCUT2D eigenvalue weighted by Crippen LogP contribution is -2.36. The molecule has 0 bridgehead atoms. The van der Waals surface area contributed by atoms with Gasteiger partial charge in [0.05, 0.1) is 10.9 Å². The van der Waals surface area contributed by atoms with E-state index in [0.29, 0.717) is 18.0 Å². The van der Waals surface area contributed by atoms with Crippen molar-refractivity contribution >= 4 is 21.6 Å². The second kappa shape index (κ2) is 7.71. The Morgan fingerprint density at radius 1 is 1.14 bits per heavy atom. The zero-order valence-electron chi connectivity index (χ0n) is 13.5. The van der Waals surface area contributed by atoms with Crippen LogP contribution in [0, 0.1) is 5.92 Å². The van der Waals surface area contributed by atoms with Crippen LogP contribution in [-0.2, 0) is 14.8 Å². The molecule has 0 aliphatic carbocycles. The van der Waals surface area contributed by atoms with Crippen molar-refractivity contribution in [3.8, 4) is 0 Å². The van der Waals surface area contributed by atoms with Crippen molar-refractivity contribution in [2.24, 2.45) is 11.7 Å². The summed E-state index contributed by atoms with van der Waals surface area (Å²) >= 11 is 0. The third-order valence-electron chi connectivity index (χ3n) is 2.89. The standard InChI is InChI=1S/C15H25N3O3S/c1-10(2)9-14(16)15(19)17-12-5-7-13(8-6-12)22(20,21)18-11(3)4/h5-8,10-11,14,18H,9,16H2,1-4H3,(H,17,19)/t14-/m0/s1. The molecule has 4 N–H and O–H groups in total. The molecular formula is C15H25N3O3S. The van der Waals surface area contributed by atoms with E-state index < -0.39 is 16.1 Å². The molecule has 0 aromatic heterocycles. The monoisotopic (exact) mass is 327 g/mol. The zero-order chi connectivity index (χ0) is 16.9. The Morgan fingerprint density at radius 3 is 2.14 bits per heavy atom. The molecule has 0 unspecified atom stereocenters. The highest BCUT2D eigenvalue weighted by atomic mass is 32.2. The summed E-state index contributed by atoms with van der Waals surface area (Å²) in [4.78, 5) is 12.1. The number of sulfonamides is 1. The summed E-state index contributed by atoms with van der Waals surface area (Å²) < 4.78 is 26.5. The van der Waals surface area contributed by atoms with Gasteiger partial charge < -0.3 is 11.1 Å². The number of amides is 1. The lowest BCUT2D eigenvalue weighted by Gasteiger charge is -2.14. The third-order valence-corrected chi connectivity index (χ3v) is 4.56. The second-order valence-corrected chi connectivity index (χ2v) is 7.74. The van der Waals surface area contributed by atoms with Gasteiger partial charge in [0, 0.05) is 11.7 Å². The fourth-order valence-corrected chi connectivity index (χ4v) is 3.20. The van der Waals surface area contributed by atoms with Crippen molar-refractivity contribution in [1.82, 2.24) is 4.72 Å². The Kier molecular flexibility index (Phi) is 6.52. The van der Waals surface area contributed by atoms with E-state index in [1.807, 2.05) is 13.8 Å². The largest absolute Gasteiger partial charge is 0.325 e. The fraction of sp³-hybridized carbons (Fsp3) is 0.533. The molecule has 7 heteroatoms. The Morgan fingerprint density at radius 2 is 1.68 bits per heavy atom. The number of nitrogens with one attached hydrogen (secondary N) is 2. The Balaban J connectivity index is 2.75. The van der Waals surface area contributed by atoms with E-state index in [4.69, 9.17) is 5.73 Å². The highest BCUT2D eigenvalue weighted by molar-refractivity contribution is 7.89. The SMILES string of the molecule is CC(C)C[C@H](N)C(=O)Nc1ccc(S(=O)(=O)NC(C)C)cc1. The van der Waals surface area contributed by atoms with Gasteiger partial charge in [0.1, 0.15) is 0 Å². The van der Waals surface area contributed by atoms with Gasteiger partial charge in [-0.2, -0.15) is 0 Å². The lowest BCUT2D eigenvalue weighted by molar-refractivity contribution is -0.117. The van der Waals surface area contributed by atoms with E-state index >= 15 is 0 Å². The minimum atomic E-state index is -3.52. The maximum atomic E-state index is 12.0. The van der Waals surface area contributed by atoms with Gasteiger partial charge in [-0.25, -0.2) is 13.1 Å². The maximum absolute atomic E-state index is 12.0. The second-order valence-electron chi connectivity index (χ2n) is 6.03. The van der Waals surface area contributed by atoms with E-state index in [1.54, 1.807) is 26.0 Å². The summed E-state index contributed by atoms with van der Waals surface area (Å²) in [6.07, 6.45) is 0.594. The molecule has 0 aliphatic rings. The molecule has 0 saturated carbocycles. The highest BCUT2D eigenvalue weighted by Crippen LogP contribution is 2.15. The summed E-state index contributed by atoms with van der Waals surface area (Å²) in [7, 11) is -3.52. The van der Waals surface area contributed by atoms with Crippen LogP contribution >= 0.6 is 0 Å². The molecule has 0 fully saturated rings. The lowest BCUT2D eigenvalue weighted by atomic mass is 10.0. The van der Waals surface area contributed by atoms with Crippen LogP contribution in [-0.4, -0.2) is 26.4 Å². The first-order chi connectivity index (χ1) is 10.1. The van der Waals surface area contributed by atoms with Gasteiger partial charge in [-0.3, -0.25) is 4.79 Å². The molecule has 0 aliphatic heterocycles. The Bertz CT molecular complexity index is 595. The topological polar surface area (TPSA) is 101 Å². The number of nitrogens with two attached hydrogens (primary N) is 1. The summed E-state index contributed by atoms with van der Waals surface area (Å²) in [5, 5.41) is 2.69. The quantitative estimate of drug-likeness (QED) is 0.709. The van der Waals surface area contributed by atoms with Gasteiger partial charge in [-0.15, -0.1) is 0 Å². The van der Waals surface area contributed by atoms with Gasteiger partial charge in [-0.1, -0.05) is 13.8 Å². The number of hydrogen-bond donors (Lipinski definition) is 3. The smallest absolute Gasteiger partial charge is 0.241 e. The van der Waals surface area contributed by atoms with Crippen molar-refractivity contribution in [2.45, 2.75) is 51.1 Å². The molecule has 6 nitrogen and oxygen atoms in total. The van der Waals surface area contributed by atoms with Crippen molar-refractivity contribution in [2.75, 3.05) is 5.32 Å². The van der Waals surface area contributed by atoms with E-state index in [1.165, 1.54) is 12.1 Å². The molecule has 1 rings (SSSR count). The third kappa shape index (κ3) is 5.75. The number of anilines is 1. The van der Waals surface area contributed by atoms with Crippen LogP contribution in [0.5, 0.6) is 0 Å². The molecule has 1 amide bonds. The van der Waals surface area contributed by atoms with E-state index in [0.717, 1.165) is 0 Å². The van der Waals surface area contributed by atoms with Crippen molar-refractivity contribution in [3.63, 3.8) is 0 Å². The van der Waals surface area contributed by atoms with Crippen LogP contribution in [0.4, 0.5) is 5.69 Å². The minimum Gasteiger partial charge on any atom is -0.325 e.